The number of rotatable bonds is 3. The molecule has 0 radical (unpaired) electrons. The van der Waals surface area contributed by atoms with Gasteiger partial charge in [-0.05, 0) is 12.1 Å². The smallest absolute Gasteiger partial charge is 0.0958 e. The second-order valence-corrected chi connectivity index (χ2v) is 4.16. The topological polar surface area (TPSA) is 43.8 Å². The molecule has 2 aromatic rings. The summed E-state index contributed by atoms with van der Waals surface area (Å²) in [6.45, 7) is 2.81. The molecule has 0 saturated heterocycles. The molecule has 1 aromatic heterocycles. The summed E-state index contributed by atoms with van der Waals surface area (Å²) in [5.74, 6) is 0.192. The van der Waals surface area contributed by atoms with Crippen molar-refractivity contribution in [2.45, 2.75) is 13.5 Å². The van der Waals surface area contributed by atoms with Crippen LogP contribution < -0.4 is 5.73 Å². The molecule has 1 aromatic carbocycles. The van der Waals surface area contributed by atoms with E-state index in [0.29, 0.717) is 4.99 Å². The van der Waals surface area contributed by atoms with E-state index in [9.17, 15) is 0 Å². The van der Waals surface area contributed by atoms with Gasteiger partial charge >= 0.3 is 0 Å². The van der Waals surface area contributed by atoms with Crippen molar-refractivity contribution in [3.63, 3.8) is 0 Å². The van der Waals surface area contributed by atoms with E-state index in [0.717, 1.165) is 17.6 Å². The predicted molar refractivity (Wildman–Crippen MR) is 65.7 cm³/mol. The zero-order chi connectivity index (χ0) is 10.8. The number of para-hydroxylation sites is 2. The zero-order valence-corrected chi connectivity index (χ0v) is 9.37. The fourth-order valence-corrected chi connectivity index (χ4v) is 1.62. The van der Waals surface area contributed by atoms with Gasteiger partial charge in [-0.15, -0.1) is 0 Å². The maximum atomic E-state index is 5.59. The van der Waals surface area contributed by atoms with Gasteiger partial charge in [0.05, 0.1) is 22.3 Å². The Balaban J connectivity index is 2.32. The monoisotopic (exact) mass is 219 g/mol. The van der Waals surface area contributed by atoms with Gasteiger partial charge in [-0.2, -0.15) is 0 Å². The number of benzene rings is 1. The van der Waals surface area contributed by atoms with Crippen molar-refractivity contribution in [3.05, 3.63) is 30.6 Å². The molecule has 2 rings (SSSR count). The van der Waals surface area contributed by atoms with Crippen LogP contribution in [0.15, 0.2) is 30.6 Å². The summed E-state index contributed by atoms with van der Waals surface area (Å²) < 4.78 is 2.08. The molecule has 0 spiro atoms. The Kier molecular flexibility index (Phi) is 2.68. The SMILES string of the molecule is CC(Cn1cnc2ccccc21)C(N)=S. The van der Waals surface area contributed by atoms with Gasteiger partial charge in [-0.3, -0.25) is 0 Å². The van der Waals surface area contributed by atoms with Gasteiger partial charge in [0.2, 0.25) is 0 Å². The van der Waals surface area contributed by atoms with E-state index < -0.39 is 0 Å². The third kappa shape index (κ3) is 1.99. The van der Waals surface area contributed by atoms with Gasteiger partial charge < -0.3 is 10.3 Å². The van der Waals surface area contributed by atoms with Crippen LogP contribution in [-0.2, 0) is 6.54 Å². The molecule has 0 aliphatic rings. The minimum atomic E-state index is 0.192. The zero-order valence-electron chi connectivity index (χ0n) is 8.55. The second-order valence-electron chi connectivity index (χ2n) is 3.69. The van der Waals surface area contributed by atoms with E-state index in [4.69, 9.17) is 18.0 Å². The van der Waals surface area contributed by atoms with E-state index in [1.807, 2.05) is 31.5 Å². The summed E-state index contributed by atoms with van der Waals surface area (Å²) in [7, 11) is 0. The lowest BCUT2D eigenvalue weighted by molar-refractivity contribution is 0.612. The molecule has 0 bridgehead atoms. The largest absolute Gasteiger partial charge is 0.393 e. The summed E-state index contributed by atoms with van der Waals surface area (Å²) in [5.41, 5.74) is 7.73. The van der Waals surface area contributed by atoms with Gasteiger partial charge in [0.25, 0.3) is 0 Å². The molecule has 15 heavy (non-hydrogen) atoms. The number of nitrogens with two attached hydrogens (primary N) is 1. The fourth-order valence-electron chi connectivity index (χ4n) is 1.54. The third-order valence-electron chi connectivity index (χ3n) is 2.48. The Hall–Kier alpha value is -1.42. The second kappa shape index (κ2) is 3.98. The Labute approximate surface area is 93.9 Å². The number of thiocarbonyl (C=S) groups is 1. The molecule has 0 fully saturated rings. The molecule has 1 unspecified atom stereocenters. The van der Waals surface area contributed by atoms with Gasteiger partial charge in [0.1, 0.15) is 0 Å². The average Bonchev–Trinajstić information content (AvgIpc) is 2.62. The van der Waals surface area contributed by atoms with Crippen LogP contribution in [-0.4, -0.2) is 14.5 Å². The maximum Gasteiger partial charge on any atom is 0.0958 e. The van der Waals surface area contributed by atoms with Crippen molar-refractivity contribution in [2.75, 3.05) is 0 Å². The predicted octanol–water partition coefficient (Wildman–Crippen LogP) is 1.96. The highest BCUT2D eigenvalue weighted by atomic mass is 32.1. The van der Waals surface area contributed by atoms with E-state index in [1.54, 1.807) is 0 Å². The first-order valence-corrected chi connectivity index (χ1v) is 5.28. The molecule has 3 nitrogen and oxygen atoms in total. The van der Waals surface area contributed by atoms with Crippen LogP contribution in [0.2, 0.25) is 0 Å². The molecule has 0 amide bonds. The lowest BCUT2D eigenvalue weighted by atomic mass is 10.2. The number of nitrogens with zero attached hydrogens (tertiary/aromatic N) is 2. The first kappa shape index (κ1) is 10.1. The first-order chi connectivity index (χ1) is 7.18. The molecule has 1 atom stereocenters. The number of hydrogen-bond donors (Lipinski definition) is 1. The molecule has 0 aliphatic carbocycles. The van der Waals surface area contributed by atoms with E-state index in [1.165, 1.54) is 0 Å². The highest BCUT2D eigenvalue weighted by Gasteiger charge is 2.08. The van der Waals surface area contributed by atoms with Gasteiger partial charge in [-0.25, -0.2) is 4.98 Å². The standard InChI is InChI=1S/C11H13N3S/c1-8(11(12)15)6-14-7-13-9-4-2-3-5-10(9)14/h2-5,7-8H,6H2,1H3,(H2,12,15). The molecule has 4 heteroatoms. The van der Waals surface area contributed by atoms with E-state index >= 15 is 0 Å². The molecular formula is C11H13N3S. The summed E-state index contributed by atoms with van der Waals surface area (Å²) >= 11 is 4.96. The van der Waals surface area contributed by atoms with Crippen molar-refractivity contribution >= 4 is 28.2 Å². The van der Waals surface area contributed by atoms with Gasteiger partial charge in [0.15, 0.2) is 0 Å². The minimum absolute atomic E-state index is 0.192. The van der Waals surface area contributed by atoms with Crippen LogP contribution in [0.1, 0.15) is 6.92 Å². The molecule has 78 valence electrons. The van der Waals surface area contributed by atoms with Gasteiger partial charge in [-0.1, -0.05) is 31.3 Å². The number of aromatic nitrogens is 2. The Morgan fingerprint density at radius 1 is 1.53 bits per heavy atom. The van der Waals surface area contributed by atoms with Crippen molar-refractivity contribution in [1.82, 2.24) is 9.55 Å². The van der Waals surface area contributed by atoms with Crippen LogP contribution in [0, 0.1) is 5.92 Å². The molecule has 0 saturated carbocycles. The fraction of sp³-hybridized carbons (Fsp3) is 0.273. The summed E-state index contributed by atoms with van der Waals surface area (Å²) in [6.07, 6.45) is 1.83. The number of imidazole rings is 1. The van der Waals surface area contributed by atoms with Crippen LogP contribution >= 0.6 is 12.2 Å². The van der Waals surface area contributed by atoms with Crippen LogP contribution in [0.5, 0.6) is 0 Å². The van der Waals surface area contributed by atoms with Crippen molar-refractivity contribution in [2.24, 2.45) is 11.7 Å². The van der Waals surface area contributed by atoms with Crippen molar-refractivity contribution in [1.29, 1.82) is 0 Å². The number of fused-ring (bicyclic) bond motifs is 1. The lowest BCUT2D eigenvalue weighted by Crippen LogP contribution is -2.22. The Morgan fingerprint density at radius 2 is 2.27 bits per heavy atom. The highest BCUT2D eigenvalue weighted by molar-refractivity contribution is 7.80. The highest BCUT2D eigenvalue weighted by Crippen LogP contribution is 2.13. The van der Waals surface area contributed by atoms with Gasteiger partial charge in [0, 0.05) is 12.5 Å². The Bertz CT molecular complexity index is 489. The lowest BCUT2D eigenvalue weighted by Gasteiger charge is -2.10. The maximum absolute atomic E-state index is 5.59. The van der Waals surface area contributed by atoms with E-state index in [-0.39, 0.29) is 5.92 Å². The molecule has 0 aliphatic heterocycles. The summed E-state index contributed by atoms with van der Waals surface area (Å²) in [4.78, 5) is 4.86. The average molecular weight is 219 g/mol. The Morgan fingerprint density at radius 3 is 3.00 bits per heavy atom. The molecular weight excluding hydrogens is 206 g/mol. The minimum Gasteiger partial charge on any atom is -0.393 e. The van der Waals surface area contributed by atoms with Crippen LogP contribution in [0.4, 0.5) is 0 Å². The van der Waals surface area contributed by atoms with Crippen molar-refractivity contribution < 1.29 is 0 Å². The normalized spacial score (nSPS) is 12.9. The third-order valence-corrected chi connectivity index (χ3v) is 2.89. The quantitative estimate of drug-likeness (QED) is 0.802. The number of hydrogen-bond acceptors (Lipinski definition) is 2. The van der Waals surface area contributed by atoms with Crippen LogP contribution in [0.3, 0.4) is 0 Å². The van der Waals surface area contributed by atoms with E-state index in [2.05, 4.69) is 15.6 Å². The molecule has 2 N–H and O–H groups in total. The summed E-state index contributed by atoms with van der Waals surface area (Å²) in [5, 5.41) is 0. The van der Waals surface area contributed by atoms with Crippen molar-refractivity contribution in [3.8, 4) is 0 Å². The molecule has 1 heterocycles. The first-order valence-electron chi connectivity index (χ1n) is 4.87. The van der Waals surface area contributed by atoms with Crippen LogP contribution in [0.25, 0.3) is 11.0 Å². The summed E-state index contributed by atoms with van der Waals surface area (Å²) in [6, 6.07) is 8.04.